The van der Waals surface area contributed by atoms with Gasteiger partial charge in [-0.25, -0.2) is 18.3 Å². The van der Waals surface area contributed by atoms with E-state index in [1.807, 2.05) is 0 Å². The number of rotatable bonds is 4. The van der Waals surface area contributed by atoms with Crippen molar-refractivity contribution in [2.45, 2.75) is 12.8 Å². The standard InChI is InChI=1S/C11H14N2O5S/c1-13(18-19(16)17)8-5-7-3-2-4-12-10(7)9(6-8)11(14)15/h5-6,12,19H,2-4H2,1H3,(H,14,15). The summed E-state index contributed by atoms with van der Waals surface area (Å²) in [4.78, 5) is 11.3. The van der Waals surface area contributed by atoms with E-state index in [4.69, 9.17) is 0 Å². The number of hydrogen-bond donors (Lipinski definition) is 3. The summed E-state index contributed by atoms with van der Waals surface area (Å²) in [5.74, 6) is -1.06. The molecule has 7 nitrogen and oxygen atoms in total. The van der Waals surface area contributed by atoms with E-state index < -0.39 is 17.0 Å². The van der Waals surface area contributed by atoms with Crippen molar-refractivity contribution in [2.24, 2.45) is 0 Å². The van der Waals surface area contributed by atoms with E-state index in [0.717, 1.165) is 30.0 Å². The van der Waals surface area contributed by atoms with Crippen LogP contribution in [-0.4, -0.2) is 33.1 Å². The molecule has 1 heterocycles. The SMILES string of the molecule is CN(O[SH](=O)=O)c1cc2c(c(C(=O)O)c1)NCCC2. The van der Waals surface area contributed by atoms with Crippen LogP contribution < -0.4 is 10.4 Å². The van der Waals surface area contributed by atoms with Crippen LogP contribution in [-0.2, 0) is 21.7 Å². The van der Waals surface area contributed by atoms with Gasteiger partial charge in [-0.2, -0.15) is 4.28 Å². The lowest BCUT2D eigenvalue weighted by Gasteiger charge is -2.23. The second kappa shape index (κ2) is 5.45. The van der Waals surface area contributed by atoms with Crippen LogP contribution in [0.3, 0.4) is 0 Å². The highest BCUT2D eigenvalue weighted by molar-refractivity contribution is 7.67. The van der Waals surface area contributed by atoms with Gasteiger partial charge in [0.25, 0.3) is 11.0 Å². The molecule has 19 heavy (non-hydrogen) atoms. The maximum Gasteiger partial charge on any atom is 0.337 e. The molecule has 0 radical (unpaired) electrons. The molecule has 0 aromatic heterocycles. The fourth-order valence-corrected chi connectivity index (χ4v) is 2.38. The summed E-state index contributed by atoms with van der Waals surface area (Å²) in [5.41, 5.74) is 1.95. The minimum atomic E-state index is -3.04. The summed E-state index contributed by atoms with van der Waals surface area (Å²) in [5, 5.41) is 13.3. The summed E-state index contributed by atoms with van der Waals surface area (Å²) in [6.45, 7) is 0.728. The number of carboxylic acid groups (broad SMARTS) is 1. The lowest BCUT2D eigenvalue weighted by Crippen LogP contribution is -2.20. The van der Waals surface area contributed by atoms with Crippen LogP contribution in [0.25, 0.3) is 0 Å². The largest absolute Gasteiger partial charge is 0.478 e. The molecule has 0 spiro atoms. The van der Waals surface area contributed by atoms with E-state index in [0.29, 0.717) is 11.4 Å². The summed E-state index contributed by atoms with van der Waals surface area (Å²) in [7, 11) is -1.63. The Labute approximate surface area is 111 Å². The van der Waals surface area contributed by atoms with Crippen molar-refractivity contribution in [3.8, 4) is 0 Å². The summed E-state index contributed by atoms with van der Waals surface area (Å²) in [6, 6.07) is 3.12. The maximum atomic E-state index is 11.3. The quantitative estimate of drug-likeness (QED) is 0.552. The molecule has 1 aliphatic rings. The number of nitrogens with zero attached hydrogens (tertiary/aromatic N) is 1. The lowest BCUT2D eigenvalue weighted by molar-refractivity contribution is 0.0697. The first-order valence-corrected chi connectivity index (χ1v) is 6.79. The molecule has 0 saturated heterocycles. The Hall–Kier alpha value is -1.80. The molecular formula is C11H14N2O5S. The Balaban J connectivity index is 2.46. The summed E-state index contributed by atoms with van der Waals surface area (Å²) < 4.78 is 25.6. The number of hydroxylamine groups is 1. The van der Waals surface area contributed by atoms with Gasteiger partial charge in [0.05, 0.1) is 16.9 Å². The van der Waals surface area contributed by atoms with Crippen molar-refractivity contribution in [3.05, 3.63) is 23.3 Å². The minimum absolute atomic E-state index is 0.115. The van der Waals surface area contributed by atoms with Gasteiger partial charge in [-0.3, -0.25) is 0 Å². The number of thiol groups is 1. The highest BCUT2D eigenvalue weighted by atomic mass is 32.2. The lowest BCUT2D eigenvalue weighted by atomic mass is 9.98. The number of benzene rings is 1. The molecule has 104 valence electrons. The number of nitrogens with one attached hydrogen (secondary N) is 1. The van der Waals surface area contributed by atoms with E-state index in [1.54, 1.807) is 6.07 Å². The van der Waals surface area contributed by atoms with Gasteiger partial charge in [0.1, 0.15) is 0 Å². The van der Waals surface area contributed by atoms with Crippen molar-refractivity contribution >= 4 is 28.3 Å². The molecule has 1 aliphatic heterocycles. The molecular weight excluding hydrogens is 272 g/mol. The fourth-order valence-electron chi connectivity index (χ4n) is 2.08. The van der Waals surface area contributed by atoms with E-state index in [1.165, 1.54) is 13.1 Å². The molecule has 0 unspecified atom stereocenters. The molecule has 0 atom stereocenters. The molecule has 0 bridgehead atoms. The Bertz CT molecular complexity index is 577. The molecule has 0 aliphatic carbocycles. The molecule has 2 N–H and O–H groups in total. The molecule has 0 fully saturated rings. The monoisotopic (exact) mass is 286 g/mol. The Kier molecular flexibility index (Phi) is 3.91. The number of hydrogen-bond acceptors (Lipinski definition) is 6. The molecule has 0 amide bonds. The first-order chi connectivity index (χ1) is 8.99. The van der Waals surface area contributed by atoms with Crippen molar-refractivity contribution in [3.63, 3.8) is 0 Å². The first-order valence-electron chi connectivity index (χ1n) is 5.69. The number of fused-ring (bicyclic) bond motifs is 1. The van der Waals surface area contributed by atoms with Gasteiger partial charge in [-0.05, 0) is 30.5 Å². The van der Waals surface area contributed by atoms with Crippen LogP contribution in [0, 0.1) is 0 Å². The number of aryl methyl sites for hydroxylation is 1. The van der Waals surface area contributed by atoms with E-state index in [2.05, 4.69) is 9.60 Å². The number of carboxylic acids is 1. The number of anilines is 2. The third-order valence-corrected chi connectivity index (χ3v) is 3.29. The zero-order valence-electron chi connectivity index (χ0n) is 10.3. The Morgan fingerprint density at radius 1 is 1.47 bits per heavy atom. The zero-order valence-corrected chi connectivity index (χ0v) is 11.1. The van der Waals surface area contributed by atoms with Crippen LogP contribution in [0.4, 0.5) is 11.4 Å². The molecule has 0 saturated carbocycles. The third kappa shape index (κ3) is 2.96. The number of aromatic carboxylic acids is 1. The third-order valence-electron chi connectivity index (χ3n) is 2.91. The maximum absolute atomic E-state index is 11.3. The highest BCUT2D eigenvalue weighted by Gasteiger charge is 2.20. The van der Waals surface area contributed by atoms with Gasteiger partial charge < -0.3 is 10.4 Å². The van der Waals surface area contributed by atoms with Crippen LogP contribution in [0.5, 0.6) is 0 Å². The van der Waals surface area contributed by atoms with Gasteiger partial charge in [0.15, 0.2) is 0 Å². The van der Waals surface area contributed by atoms with Crippen LogP contribution in [0.1, 0.15) is 22.3 Å². The number of carbonyl (C=O) groups is 1. The second-order valence-corrected chi connectivity index (χ2v) is 4.78. The van der Waals surface area contributed by atoms with Crippen LogP contribution in [0.15, 0.2) is 12.1 Å². The van der Waals surface area contributed by atoms with E-state index in [-0.39, 0.29) is 5.56 Å². The average molecular weight is 286 g/mol. The van der Waals surface area contributed by atoms with Gasteiger partial charge in [-0.15, -0.1) is 0 Å². The smallest absolute Gasteiger partial charge is 0.337 e. The molecule has 2 rings (SSSR count). The van der Waals surface area contributed by atoms with Gasteiger partial charge in [0, 0.05) is 13.6 Å². The van der Waals surface area contributed by atoms with Gasteiger partial charge in [-0.1, -0.05) is 0 Å². The fraction of sp³-hybridized carbons (Fsp3) is 0.364. The summed E-state index contributed by atoms with van der Waals surface area (Å²) in [6.07, 6.45) is 1.64. The topological polar surface area (TPSA) is 95.9 Å². The van der Waals surface area contributed by atoms with E-state index in [9.17, 15) is 18.3 Å². The highest BCUT2D eigenvalue weighted by Crippen LogP contribution is 2.31. The Morgan fingerprint density at radius 2 is 2.21 bits per heavy atom. The predicted molar refractivity (Wildman–Crippen MR) is 70.0 cm³/mol. The van der Waals surface area contributed by atoms with Gasteiger partial charge >= 0.3 is 5.97 Å². The first kappa shape index (κ1) is 13.6. The van der Waals surface area contributed by atoms with Crippen molar-refractivity contribution in [1.29, 1.82) is 0 Å². The molecule has 1 aromatic rings. The Morgan fingerprint density at radius 3 is 2.84 bits per heavy atom. The second-order valence-electron chi connectivity index (χ2n) is 4.17. The molecule has 1 aromatic carbocycles. The average Bonchev–Trinajstić information content (AvgIpc) is 2.36. The predicted octanol–water partition coefficient (Wildman–Crippen LogP) is 0.637. The van der Waals surface area contributed by atoms with Crippen LogP contribution in [0.2, 0.25) is 0 Å². The van der Waals surface area contributed by atoms with Crippen molar-refractivity contribution in [2.75, 3.05) is 24.0 Å². The van der Waals surface area contributed by atoms with Gasteiger partial charge in [0.2, 0.25) is 0 Å². The van der Waals surface area contributed by atoms with Crippen molar-refractivity contribution in [1.82, 2.24) is 0 Å². The van der Waals surface area contributed by atoms with E-state index >= 15 is 0 Å². The molecule has 8 heteroatoms. The van der Waals surface area contributed by atoms with Crippen molar-refractivity contribution < 1.29 is 22.6 Å². The van der Waals surface area contributed by atoms with Crippen LogP contribution >= 0.6 is 0 Å². The summed E-state index contributed by atoms with van der Waals surface area (Å²) >= 11 is 0. The normalized spacial score (nSPS) is 13.8. The minimum Gasteiger partial charge on any atom is -0.478 e. The zero-order chi connectivity index (χ0) is 14.0.